The van der Waals surface area contributed by atoms with Gasteiger partial charge in [-0.2, -0.15) is 0 Å². The number of hydrogen-bond donors (Lipinski definition) is 0. The van der Waals surface area contributed by atoms with E-state index >= 15 is 0 Å². The van der Waals surface area contributed by atoms with E-state index in [9.17, 15) is 30.4 Å². The number of thiophene rings is 1. The van der Waals surface area contributed by atoms with Crippen LogP contribution >= 0.6 is 10.5 Å². The lowest BCUT2D eigenvalue weighted by Gasteiger charge is -2.06. The Morgan fingerprint density at radius 3 is 2.04 bits per heavy atom. The summed E-state index contributed by atoms with van der Waals surface area (Å²) in [5.74, 6) is 0. The molecule has 2 aromatic carbocycles. The molecule has 1 aromatic heterocycles. The Labute approximate surface area is 154 Å². The lowest BCUT2D eigenvalue weighted by molar-refractivity contribution is -0.0864. The minimum atomic E-state index is -6.00. The first-order valence-corrected chi connectivity index (χ1v) is 9.32. The van der Waals surface area contributed by atoms with Crippen molar-refractivity contribution in [2.75, 3.05) is 0 Å². The number of halogens is 7. The second kappa shape index (κ2) is 8.33. The first-order chi connectivity index (χ1) is 12.5. The largest absolute Gasteiger partial charge is 0.673 e. The highest BCUT2D eigenvalue weighted by atomic mass is 32.2. The monoisotopic (exact) mass is 408 g/mol. The van der Waals surface area contributed by atoms with Crippen LogP contribution in [0.5, 0.6) is 0 Å². The zero-order chi connectivity index (χ0) is 20.2. The third-order valence-electron chi connectivity index (χ3n) is 3.68. The van der Waals surface area contributed by atoms with Gasteiger partial charge in [0.2, 0.25) is 0 Å². The lowest BCUT2D eigenvalue weighted by Crippen LogP contribution is -2.02. The van der Waals surface area contributed by atoms with Crippen LogP contribution in [-0.2, 0) is 11.9 Å². The Kier molecular flexibility index (Phi) is 6.57. The smallest absolute Gasteiger partial charge is 0.418 e. The van der Waals surface area contributed by atoms with E-state index in [4.69, 9.17) is 0 Å². The maximum atomic E-state index is 13.7. The first kappa shape index (κ1) is 21.3. The Bertz CT molecular complexity index is 891. The Balaban J connectivity index is 0.000000465. The van der Waals surface area contributed by atoms with E-state index in [-0.39, 0.29) is 0 Å². The van der Waals surface area contributed by atoms with E-state index in [1.165, 1.54) is 0 Å². The minimum absolute atomic E-state index is 0.385. The number of hydrogen-bond acceptors (Lipinski definition) is 0. The third-order valence-corrected chi connectivity index (χ3v) is 5.73. The minimum Gasteiger partial charge on any atom is -0.418 e. The third kappa shape index (κ3) is 5.72. The van der Waals surface area contributed by atoms with Crippen LogP contribution in [0.4, 0.5) is 30.4 Å². The van der Waals surface area contributed by atoms with Gasteiger partial charge in [0.05, 0.1) is 0 Å². The van der Waals surface area contributed by atoms with Crippen LogP contribution in [0.25, 0.3) is 20.5 Å². The van der Waals surface area contributed by atoms with Crippen molar-refractivity contribution in [2.24, 2.45) is 0 Å². The van der Waals surface area contributed by atoms with Crippen LogP contribution in [0.2, 0.25) is 0 Å². The van der Waals surface area contributed by atoms with Gasteiger partial charge in [-0.25, -0.2) is 0 Å². The molecule has 3 aromatic rings. The fourth-order valence-corrected chi connectivity index (χ4v) is 4.77. The number of aryl methyl sites for hydroxylation is 1. The molecule has 3 rings (SSSR count). The van der Waals surface area contributed by atoms with Gasteiger partial charge in [-0.3, -0.25) is 0 Å². The molecule has 0 N–H and O–H groups in total. The Hall–Kier alpha value is -2.03. The van der Waals surface area contributed by atoms with Crippen LogP contribution in [0.1, 0.15) is 18.9 Å². The molecule has 0 radical (unpaired) electrons. The number of alkyl halides is 3. The van der Waals surface area contributed by atoms with Gasteiger partial charge in [-0.15, -0.1) is 13.2 Å². The normalized spacial score (nSPS) is 12.7. The van der Waals surface area contributed by atoms with Gasteiger partial charge in [-0.05, 0) is 30.2 Å². The summed E-state index contributed by atoms with van der Waals surface area (Å²) < 4.78 is 80.4. The molecule has 0 saturated carbocycles. The molecule has 9 heteroatoms. The average Bonchev–Trinajstić information content (AvgIpc) is 2.93. The van der Waals surface area contributed by atoms with Crippen molar-refractivity contribution in [1.82, 2.24) is 0 Å². The van der Waals surface area contributed by atoms with E-state index in [1.54, 1.807) is 30.3 Å². The van der Waals surface area contributed by atoms with Gasteiger partial charge < -0.3 is 17.3 Å². The molecular weight excluding hydrogens is 392 g/mol. The average molecular weight is 408 g/mol. The summed E-state index contributed by atoms with van der Waals surface area (Å²) in [5.41, 5.74) is -2.52. The van der Waals surface area contributed by atoms with Crippen molar-refractivity contribution in [3.63, 3.8) is 0 Å². The highest BCUT2D eigenvalue weighted by molar-refractivity contribution is 7.41. The Morgan fingerprint density at radius 1 is 0.889 bits per heavy atom. The first-order valence-electron chi connectivity index (χ1n) is 8.09. The van der Waals surface area contributed by atoms with Crippen molar-refractivity contribution in [2.45, 2.75) is 25.3 Å². The summed E-state index contributed by atoms with van der Waals surface area (Å²) in [6.07, 6.45) is 1.70. The van der Waals surface area contributed by atoms with Crippen LogP contribution < -0.4 is 0 Å². The second-order valence-electron chi connectivity index (χ2n) is 5.70. The maximum absolute atomic E-state index is 13.7. The quantitative estimate of drug-likeness (QED) is 0.234. The van der Waals surface area contributed by atoms with Gasteiger partial charge in [0.25, 0.3) is 0 Å². The molecule has 146 valence electrons. The van der Waals surface area contributed by atoms with E-state index < -0.39 is 23.2 Å². The lowest BCUT2D eigenvalue weighted by atomic mass is 10.0. The predicted molar refractivity (Wildman–Crippen MR) is 97.3 cm³/mol. The van der Waals surface area contributed by atoms with Gasteiger partial charge >= 0.3 is 12.8 Å². The topological polar surface area (TPSA) is 0 Å². The molecule has 1 atom stereocenters. The number of fused-ring (bicyclic) bond motifs is 1. The van der Waals surface area contributed by atoms with Crippen molar-refractivity contribution in [1.29, 1.82) is 0 Å². The molecule has 27 heavy (non-hydrogen) atoms. The summed E-state index contributed by atoms with van der Waals surface area (Å²) in [6, 6.07) is 16.0. The van der Waals surface area contributed by atoms with E-state index in [1.807, 2.05) is 31.2 Å². The Morgan fingerprint density at radius 2 is 1.44 bits per heavy atom. The molecule has 0 nitrogen and oxygen atoms in total. The number of benzene rings is 2. The zero-order valence-corrected chi connectivity index (χ0v) is 15.1. The molecule has 0 aliphatic carbocycles. The van der Waals surface area contributed by atoms with Crippen LogP contribution in [0.15, 0.2) is 54.6 Å². The van der Waals surface area contributed by atoms with Crippen LogP contribution in [-0.4, -0.2) is 7.25 Å². The molecule has 0 saturated heterocycles. The summed E-state index contributed by atoms with van der Waals surface area (Å²) >= 11 is 0. The van der Waals surface area contributed by atoms with Gasteiger partial charge in [0, 0.05) is 17.0 Å². The standard InChI is InChI=1S/C18H16F3S.BF4/c1-2-7-13-8-3-5-10-15(13)17-12-14-9-4-6-11-16(14)22(17)18(19,20)21;2-1(3,4)5/h3-6,8-12H,2,7H2,1H3;/q+1;-1. The van der Waals surface area contributed by atoms with Crippen molar-refractivity contribution >= 4 is 27.8 Å². The fraction of sp³-hybridized carbons (Fsp3) is 0.222. The molecule has 0 amide bonds. The summed E-state index contributed by atoms with van der Waals surface area (Å²) in [5, 5.41) is 0.685. The van der Waals surface area contributed by atoms with Crippen molar-refractivity contribution in [3.05, 3.63) is 60.2 Å². The highest BCUT2D eigenvalue weighted by Gasteiger charge is 2.48. The maximum Gasteiger partial charge on any atom is 0.673 e. The van der Waals surface area contributed by atoms with E-state index in [0.717, 1.165) is 24.0 Å². The molecular formula is C18H16BF7S. The highest BCUT2D eigenvalue weighted by Crippen LogP contribution is 2.54. The molecule has 0 spiro atoms. The van der Waals surface area contributed by atoms with Crippen LogP contribution in [0.3, 0.4) is 0 Å². The van der Waals surface area contributed by atoms with Crippen molar-refractivity contribution in [3.8, 4) is 10.4 Å². The van der Waals surface area contributed by atoms with Gasteiger partial charge in [0.1, 0.15) is 10.5 Å². The van der Waals surface area contributed by atoms with E-state index in [0.29, 0.717) is 15.0 Å². The molecule has 0 fully saturated rings. The van der Waals surface area contributed by atoms with Gasteiger partial charge in [0.15, 0.2) is 9.58 Å². The summed E-state index contributed by atoms with van der Waals surface area (Å²) in [7, 11) is -7.86. The molecule has 1 heterocycles. The molecule has 0 aliphatic rings. The SMILES string of the molecule is CCCc1ccccc1-c1cc2ccccc2[s+]1C(F)(F)F.F[B-](F)(F)F. The molecule has 0 aliphatic heterocycles. The zero-order valence-electron chi connectivity index (χ0n) is 14.2. The number of rotatable bonds is 3. The fourth-order valence-electron chi connectivity index (χ4n) is 2.79. The predicted octanol–water partition coefficient (Wildman–Crippen LogP) is 7.98. The van der Waals surface area contributed by atoms with Gasteiger partial charge in [-0.1, -0.05) is 43.7 Å². The van der Waals surface area contributed by atoms with Crippen molar-refractivity contribution < 1.29 is 30.4 Å². The van der Waals surface area contributed by atoms with E-state index in [2.05, 4.69) is 0 Å². The molecule has 1 unspecified atom stereocenters. The summed E-state index contributed by atoms with van der Waals surface area (Å²) in [4.78, 5) is 0.401. The molecule has 0 bridgehead atoms. The summed E-state index contributed by atoms with van der Waals surface area (Å²) in [6.45, 7) is 2.04. The van der Waals surface area contributed by atoms with Crippen LogP contribution in [0, 0.1) is 0 Å². The second-order valence-corrected chi connectivity index (χ2v) is 7.66.